The molecular formula is C18H25N3O3. The molecule has 0 aromatic heterocycles. The number of ketones is 1. The van der Waals surface area contributed by atoms with Gasteiger partial charge in [0.25, 0.3) is 0 Å². The summed E-state index contributed by atoms with van der Waals surface area (Å²) in [4.78, 5) is 27.8. The SMILES string of the molecule is CCC1CNc2cc(C(=O)CN3CCN(C(C)=O)CC3)ccc2O1. The third-order valence-corrected chi connectivity index (χ3v) is 4.76. The lowest BCUT2D eigenvalue weighted by Gasteiger charge is -2.33. The molecule has 2 aliphatic heterocycles. The van der Waals surface area contributed by atoms with Crippen LogP contribution in [0, 0.1) is 0 Å². The second-order valence-electron chi connectivity index (χ2n) is 6.45. The number of fused-ring (bicyclic) bond motifs is 1. The van der Waals surface area contributed by atoms with Gasteiger partial charge in [-0.15, -0.1) is 0 Å². The first kappa shape index (κ1) is 16.8. The van der Waals surface area contributed by atoms with Crippen molar-refractivity contribution in [2.75, 3.05) is 44.6 Å². The van der Waals surface area contributed by atoms with Crippen molar-refractivity contribution in [2.24, 2.45) is 0 Å². The summed E-state index contributed by atoms with van der Waals surface area (Å²) in [6, 6.07) is 5.60. The molecule has 0 saturated carbocycles. The Morgan fingerprint density at radius 2 is 2.00 bits per heavy atom. The summed E-state index contributed by atoms with van der Waals surface area (Å²) in [5, 5.41) is 3.35. The number of Topliss-reactive ketones (excluding diaryl/α,β-unsaturated/α-hetero) is 1. The van der Waals surface area contributed by atoms with Crippen molar-refractivity contribution in [1.29, 1.82) is 0 Å². The molecule has 130 valence electrons. The van der Waals surface area contributed by atoms with Crippen molar-refractivity contribution < 1.29 is 14.3 Å². The number of hydrogen-bond acceptors (Lipinski definition) is 5. The van der Waals surface area contributed by atoms with Crippen LogP contribution in [-0.2, 0) is 4.79 Å². The van der Waals surface area contributed by atoms with Crippen molar-refractivity contribution in [3.05, 3.63) is 23.8 Å². The van der Waals surface area contributed by atoms with Crippen LogP contribution in [0.1, 0.15) is 30.6 Å². The van der Waals surface area contributed by atoms with Crippen molar-refractivity contribution in [1.82, 2.24) is 9.80 Å². The fraction of sp³-hybridized carbons (Fsp3) is 0.556. The van der Waals surface area contributed by atoms with E-state index in [0.29, 0.717) is 25.2 Å². The average molecular weight is 331 g/mol. The standard InChI is InChI=1S/C18H25N3O3/c1-3-15-11-19-16-10-14(4-5-18(16)24-15)17(23)12-20-6-8-21(9-7-20)13(2)22/h4-5,10,15,19H,3,6-9,11-12H2,1-2H3. The number of rotatable bonds is 4. The molecule has 3 rings (SSSR count). The molecule has 1 aromatic carbocycles. The van der Waals surface area contributed by atoms with E-state index in [4.69, 9.17) is 4.74 Å². The molecule has 1 saturated heterocycles. The first-order valence-corrected chi connectivity index (χ1v) is 8.62. The maximum absolute atomic E-state index is 12.5. The zero-order chi connectivity index (χ0) is 17.1. The minimum Gasteiger partial charge on any atom is -0.486 e. The summed E-state index contributed by atoms with van der Waals surface area (Å²) in [6.45, 7) is 7.73. The van der Waals surface area contributed by atoms with Crippen molar-refractivity contribution >= 4 is 17.4 Å². The second-order valence-corrected chi connectivity index (χ2v) is 6.45. The Morgan fingerprint density at radius 1 is 1.25 bits per heavy atom. The van der Waals surface area contributed by atoms with Crippen LogP contribution in [0.4, 0.5) is 5.69 Å². The molecule has 24 heavy (non-hydrogen) atoms. The fourth-order valence-corrected chi connectivity index (χ4v) is 3.13. The van der Waals surface area contributed by atoms with Gasteiger partial charge in [-0.2, -0.15) is 0 Å². The van der Waals surface area contributed by atoms with E-state index >= 15 is 0 Å². The molecule has 0 bridgehead atoms. The number of amides is 1. The average Bonchev–Trinajstić information content (AvgIpc) is 2.61. The molecule has 1 amide bonds. The van der Waals surface area contributed by atoms with Crippen LogP contribution in [0.15, 0.2) is 18.2 Å². The van der Waals surface area contributed by atoms with Gasteiger partial charge in [0.05, 0.1) is 18.8 Å². The highest BCUT2D eigenvalue weighted by molar-refractivity contribution is 5.98. The molecule has 1 atom stereocenters. The summed E-state index contributed by atoms with van der Waals surface area (Å²) >= 11 is 0. The van der Waals surface area contributed by atoms with Gasteiger partial charge in [-0.1, -0.05) is 6.92 Å². The monoisotopic (exact) mass is 331 g/mol. The number of ether oxygens (including phenoxy) is 1. The Morgan fingerprint density at radius 3 is 2.67 bits per heavy atom. The van der Waals surface area contributed by atoms with Gasteiger partial charge in [0.1, 0.15) is 11.9 Å². The maximum Gasteiger partial charge on any atom is 0.219 e. The van der Waals surface area contributed by atoms with Gasteiger partial charge >= 0.3 is 0 Å². The van der Waals surface area contributed by atoms with Gasteiger partial charge < -0.3 is 15.0 Å². The van der Waals surface area contributed by atoms with Crippen molar-refractivity contribution in [3.63, 3.8) is 0 Å². The van der Waals surface area contributed by atoms with Gasteiger partial charge in [-0.25, -0.2) is 0 Å². The minimum atomic E-state index is 0.104. The first-order chi connectivity index (χ1) is 11.6. The normalized spacial score (nSPS) is 20.8. The van der Waals surface area contributed by atoms with Crippen LogP contribution >= 0.6 is 0 Å². The Balaban J connectivity index is 1.59. The molecule has 2 heterocycles. The Labute approximate surface area is 142 Å². The maximum atomic E-state index is 12.5. The molecule has 6 nitrogen and oxygen atoms in total. The number of benzene rings is 1. The molecule has 1 unspecified atom stereocenters. The van der Waals surface area contributed by atoms with E-state index in [9.17, 15) is 9.59 Å². The molecule has 0 radical (unpaired) electrons. The molecule has 1 fully saturated rings. The Bertz CT molecular complexity index is 624. The smallest absolute Gasteiger partial charge is 0.219 e. The van der Waals surface area contributed by atoms with E-state index in [1.165, 1.54) is 0 Å². The molecular weight excluding hydrogens is 306 g/mol. The summed E-state index contributed by atoms with van der Waals surface area (Å²) in [5.41, 5.74) is 1.60. The topological polar surface area (TPSA) is 61.9 Å². The fourth-order valence-electron chi connectivity index (χ4n) is 3.13. The summed E-state index contributed by atoms with van der Waals surface area (Å²) in [5.74, 6) is 1.03. The number of piperazine rings is 1. The third kappa shape index (κ3) is 3.70. The quantitative estimate of drug-likeness (QED) is 0.850. The van der Waals surface area contributed by atoms with Crippen LogP contribution in [0.2, 0.25) is 0 Å². The predicted octanol–water partition coefficient (Wildman–Crippen LogP) is 1.62. The molecule has 0 spiro atoms. The van der Waals surface area contributed by atoms with E-state index in [1.807, 2.05) is 23.1 Å². The highest BCUT2D eigenvalue weighted by Gasteiger charge is 2.22. The summed E-state index contributed by atoms with van der Waals surface area (Å²) in [7, 11) is 0. The van der Waals surface area contributed by atoms with E-state index in [0.717, 1.165) is 37.5 Å². The van der Waals surface area contributed by atoms with E-state index in [2.05, 4.69) is 17.1 Å². The molecule has 1 aromatic rings. The van der Waals surface area contributed by atoms with E-state index in [-0.39, 0.29) is 17.8 Å². The lowest BCUT2D eigenvalue weighted by Crippen LogP contribution is -2.49. The first-order valence-electron chi connectivity index (χ1n) is 8.62. The molecule has 1 N–H and O–H groups in total. The largest absolute Gasteiger partial charge is 0.486 e. The Hall–Kier alpha value is -2.08. The van der Waals surface area contributed by atoms with Crippen LogP contribution < -0.4 is 10.1 Å². The van der Waals surface area contributed by atoms with E-state index in [1.54, 1.807) is 6.92 Å². The lowest BCUT2D eigenvalue weighted by atomic mass is 10.1. The zero-order valence-corrected chi connectivity index (χ0v) is 14.4. The predicted molar refractivity (Wildman–Crippen MR) is 92.7 cm³/mol. The van der Waals surface area contributed by atoms with Gasteiger partial charge in [0, 0.05) is 38.7 Å². The van der Waals surface area contributed by atoms with Crippen LogP contribution in [0.25, 0.3) is 0 Å². The molecule has 0 aliphatic carbocycles. The van der Waals surface area contributed by atoms with Crippen LogP contribution in [0.3, 0.4) is 0 Å². The van der Waals surface area contributed by atoms with Gasteiger partial charge in [0.2, 0.25) is 5.91 Å². The summed E-state index contributed by atoms with van der Waals surface area (Å²) < 4.78 is 5.88. The highest BCUT2D eigenvalue weighted by Crippen LogP contribution is 2.30. The lowest BCUT2D eigenvalue weighted by molar-refractivity contribution is -0.130. The second kappa shape index (κ2) is 7.21. The van der Waals surface area contributed by atoms with Gasteiger partial charge in [0.15, 0.2) is 5.78 Å². The number of carbonyl (C=O) groups excluding carboxylic acids is 2. The van der Waals surface area contributed by atoms with Crippen LogP contribution in [-0.4, -0.2) is 66.9 Å². The number of carbonyl (C=O) groups is 2. The number of hydrogen-bond donors (Lipinski definition) is 1. The number of nitrogens with one attached hydrogen (secondary N) is 1. The van der Waals surface area contributed by atoms with E-state index < -0.39 is 0 Å². The van der Waals surface area contributed by atoms with Crippen molar-refractivity contribution in [2.45, 2.75) is 26.4 Å². The number of nitrogens with zero attached hydrogens (tertiary/aromatic N) is 2. The Kier molecular flexibility index (Phi) is 5.04. The van der Waals surface area contributed by atoms with Gasteiger partial charge in [-0.3, -0.25) is 14.5 Å². The minimum absolute atomic E-state index is 0.104. The molecule has 2 aliphatic rings. The molecule has 6 heteroatoms. The summed E-state index contributed by atoms with van der Waals surface area (Å²) in [6.07, 6.45) is 1.15. The third-order valence-electron chi connectivity index (χ3n) is 4.76. The van der Waals surface area contributed by atoms with Crippen molar-refractivity contribution in [3.8, 4) is 5.75 Å². The number of anilines is 1. The zero-order valence-electron chi connectivity index (χ0n) is 14.4. The van der Waals surface area contributed by atoms with Crippen LogP contribution in [0.5, 0.6) is 5.75 Å². The van der Waals surface area contributed by atoms with Gasteiger partial charge in [-0.05, 0) is 24.6 Å². The highest BCUT2D eigenvalue weighted by atomic mass is 16.5.